The molecule has 0 spiro atoms. The van der Waals surface area contributed by atoms with Crippen LogP contribution in [0, 0.1) is 0 Å². The van der Waals surface area contributed by atoms with Crippen LogP contribution in [-0.4, -0.2) is 23.0 Å². The van der Waals surface area contributed by atoms with E-state index in [1.165, 1.54) is 0 Å². The number of carboxylic acid groups (broad SMARTS) is 1. The van der Waals surface area contributed by atoms with Gasteiger partial charge in [-0.1, -0.05) is 84.9 Å². The molecule has 34 heavy (non-hydrogen) atoms. The molecule has 4 aromatic rings. The van der Waals surface area contributed by atoms with Gasteiger partial charge in [0.25, 0.3) is 5.91 Å². The summed E-state index contributed by atoms with van der Waals surface area (Å²) in [5, 5.41) is 12.1. The first-order valence-electron chi connectivity index (χ1n) is 11.0. The summed E-state index contributed by atoms with van der Waals surface area (Å²) < 4.78 is 5.83. The summed E-state index contributed by atoms with van der Waals surface area (Å²) >= 11 is 0. The van der Waals surface area contributed by atoms with E-state index in [-0.39, 0.29) is 6.42 Å². The second-order valence-corrected chi connectivity index (χ2v) is 7.93. The second-order valence-electron chi connectivity index (χ2n) is 7.93. The van der Waals surface area contributed by atoms with Crippen LogP contribution < -0.4 is 10.1 Å². The molecular weight excluding hydrogens is 426 g/mol. The van der Waals surface area contributed by atoms with Crippen molar-refractivity contribution in [2.24, 2.45) is 0 Å². The van der Waals surface area contributed by atoms with Crippen LogP contribution in [0.4, 0.5) is 0 Å². The van der Waals surface area contributed by atoms with E-state index in [0.717, 1.165) is 28.0 Å². The molecule has 0 aliphatic rings. The number of hydrogen-bond acceptors (Lipinski definition) is 3. The van der Waals surface area contributed by atoms with E-state index in [1.807, 2.05) is 97.1 Å². The van der Waals surface area contributed by atoms with Crippen LogP contribution in [0.2, 0.25) is 0 Å². The zero-order valence-corrected chi connectivity index (χ0v) is 18.6. The van der Waals surface area contributed by atoms with Gasteiger partial charge in [-0.3, -0.25) is 4.79 Å². The normalized spacial score (nSPS) is 11.4. The maximum Gasteiger partial charge on any atom is 0.326 e. The van der Waals surface area contributed by atoms with E-state index in [2.05, 4.69) is 5.32 Å². The zero-order valence-electron chi connectivity index (χ0n) is 18.6. The first-order chi connectivity index (χ1) is 16.6. The molecule has 170 valence electrons. The van der Waals surface area contributed by atoms with Gasteiger partial charge in [0.2, 0.25) is 0 Å². The van der Waals surface area contributed by atoms with Gasteiger partial charge in [-0.05, 0) is 46.5 Å². The van der Waals surface area contributed by atoms with Crippen LogP contribution in [-0.2, 0) is 17.8 Å². The molecule has 0 radical (unpaired) electrons. The fraction of sp³-hybridized carbons (Fsp3) is 0.103. The van der Waals surface area contributed by atoms with Crippen LogP contribution in [0.15, 0.2) is 109 Å². The number of amides is 1. The van der Waals surface area contributed by atoms with Gasteiger partial charge in [-0.15, -0.1) is 0 Å². The summed E-state index contributed by atoms with van der Waals surface area (Å²) in [6, 6.07) is 33.1. The Morgan fingerprint density at radius 1 is 0.706 bits per heavy atom. The van der Waals surface area contributed by atoms with Crippen molar-refractivity contribution in [3.63, 3.8) is 0 Å². The molecular formula is C29H25NO4. The molecule has 0 aliphatic carbocycles. The van der Waals surface area contributed by atoms with Gasteiger partial charge in [-0.2, -0.15) is 0 Å². The van der Waals surface area contributed by atoms with Crippen molar-refractivity contribution in [2.45, 2.75) is 19.1 Å². The Bertz CT molecular complexity index is 1220. The molecule has 2 N–H and O–H groups in total. The van der Waals surface area contributed by atoms with Crippen LogP contribution in [0.3, 0.4) is 0 Å². The maximum absolute atomic E-state index is 12.6. The van der Waals surface area contributed by atoms with E-state index in [4.69, 9.17) is 4.74 Å². The lowest BCUT2D eigenvalue weighted by Gasteiger charge is -2.15. The number of nitrogens with one attached hydrogen (secondary N) is 1. The van der Waals surface area contributed by atoms with E-state index in [9.17, 15) is 14.7 Å². The molecule has 0 aliphatic heterocycles. The van der Waals surface area contributed by atoms with E-state index in [0.29, 0.717) is 12.2 Å². The molecule has 1 unspecified atom stereocenters. The minimum atomic E-state index is -1.07. The average molecular weight is 452 g/mol. The number of rotatable bonds is 9. The molecule has 0 fully saturated rings. The van der Waals surface area contributed by atoms with E-state index < -0.39 is 17.9 Å². The summed E-state index contributed by atoms with van der Waals surface area (Å²) in [6.45, 7) is 0.506. The smallest absolute Gasteiger partial charge is 0.326 e. The Kier molecular flexibility index (Phi) is 7.35. The zero-order chi connectivity index (χ0) is 23.8. The Labute approximate surface area is 198 Å². The summed E-state index contributed by atoms with van der Waals surface area (Å²) in [6.07, 6.45) is 0.221. The number of hydrogen-bond donors (Lipinski definition) is 2. The topological polar surface area (TPSA) is 75.6 Å². The molecule has 0 bridgehead atoms. The lowest BCUT2D eigenvalue weighted by atomic mass is 10.0. The Morgan fingerprint density at radius 2 is 1.24 bits per heavy atom. The molecule has 5 heteroatoms. The van der Waals surface area contributed by atoms with Crippen LogP contribution in [0.1, 0.15) is 21.5 Å². The highest BCUT2D eigenvalue weighted by Gasteiger charge is 2.21. The predicted octanol–water partition coefficient (Wildman–Crippen LogP) is 5.36. The van der Waals surface area contributed by atoms with E-state index in [1.54, 1.807) is 12.1 Å². The minimum Gasteiger partial charge on any atom is -0.489 e. The van der Waals surface area contributed by atoms with Gasteiger partial charge in [0.15, 0.2) is 0 Å². The quantitative estimate of drug-likeness (QED) is 0.359. The van der Waals surface area contributed by atoms with Crippen LogP contribution in [0.5, 0.6) is 5.75 Å². The lowest BCUT2D eigenvalue weighted by Crippen LogP contribution is -2.42. The van der Waals surface area contributed by atoms with Crippen molar-refractivity contribution in [2.75, 3.05) is 0 Å². The van der Waals surface area contributed by atoms with Gasteiger partial charge < -0.3 is 15.2 Å². The van der Waals surface area contributed by atoms with E-state index >= 15 is 0 Å². The first kappa shape index (κ1) is 22.8. The van der Waals surface area contributed by atoms with Crippen molar-refractivity contribution in [1.82, 2.24) is 5.32 Å². The highest BCUT2D eigenvalue weighted by Crippen LogP contribution is 2.23. The minimum absolute atomic E-state index is 0.221. The van der Waals surface area contributed by atoms with Crippen LogP contribution >= 0.6 is 0 Å². The largest absolute Gasteiger partial charge is 0.489 e. The second kappa shape index (κ2) is 11.0. The summed E-state index contributed by atoms with van der Waals surface area (Å²) in [4.78, 5) is 24.3. The molecule has 0 heterocycles. The van der Waals surface area contributed by atoms with Gasteiger partial charge in [0.05, 0.1) is 0 Å². The highest BCUT2D eigenvalue weighted by atomic mass is 16.5. The first-order valence-corrected chi connectivity index (χ1v) is 11.0. The lowest BCUT2D eigenvalue weighted by molar-refractivity contribution is -0.139. The van der Waals surface area contributed by atoms with Crippen molar-refractivity contribution in [1.29, 1.82) is 0 Å². The summed E-state index contributed by atoms with van der Waals surface area (Å²) in [5.74, 6) is -0.704. The highest BCUT2D eigenvalue weighted by molar-refractivity contribution is 5.97. The van der Waals surface area contributed by atoms with Crippen molar-refractivity contribution in [3.05, 3.63) is 126 Å². The monoisotopic (exact) mass is 451 g/mol. The molecule has 1 amide bonds. The van der Waals surface area contributed by atoms with Gasteiger partial charge in [-0.25, -0.2) is 4.79 Å². The van der Waals surface area contributed by atoms with Crippen LogP contribution in [0.25, 0.3) is 11.1 Å². The number of aliphatic carboxylic acids is 1. The molecule has 4 rings (SSSR count). The number of ether oxygens (including phenoxy) is 1. The maximum atomic E-state index is 12.6. The Balaban J connectivity index is 1.37. The predicted molar refractivity (Wildman–Crippen MR) is 132 cm³/mol. The molecule has 0 saturated heterocycles. The number of carbonyl (C=O) groups is 2. The fourth-order valence-electron chi connectivity index (χ4n) is 3.59. The van der Waals surface area contributed by atoms with Crippen molar-refractivity contribution < 1.29 is 19.4 Å². The molecule has 0 aromatic heterocycles. The molecule has 4 aromatic carbocycles. The number of carbonyl (C=O) groups excluding carboxylic acids is 1. The number of benzene rings is 4. The molecule has 5 nitrogen and oxygen atoms in total. The Hall–Kier alpha value is -4.38. The number of carboxylic acids is 1. The standard InChI is InChI=1S/C29H25NO4/c31-28(30-27(29(32)33)19-21-7-3-1-4-8-21)25-13-11-23(12-14-25)24-15-17-26(18-16-24)34-20-22-9-5-2-6-10-22/h1-18,27H,19-20H2,(H,30,31)(H,32,33). The van der Waals surface area contributed by atoms with Gasteiger partial charge >= 0.3 is 5.97 Å². The van der Waals surface area contributed by atoms with Crippen molar-refractivity contribution in [3.8, 4) is 16.9 Å². The summed E-state index contributed by atoms with van der Waals surface area (Å²) in [5.41, 5.74) is 4.30. The summed E-state index contributed by atoms with van der Waals surface area (Å²) in [7, 11) is 0. The SMILES string of the molecule is O=C(NC(Cc1ccccc1)C(=O)O)c1ccc(-c2ccc(OCc3ccccc3)cc2)cc1. The third-order valence-electron chi connectivity index (χ3n) is 5.47. The molecule has 0 saturated carbocycles. The average Bonchev–Trinajstić information content (AvgIpc) is 2.88. The third-order valence-corrected chi connectivity index (χ3v) is 5.47. The third kappa shape index (κ3) is 6.11. The van der Waals surface area contributed by atoms with Gasteiger partial charge in [0, 0.05) is 12.0 Å². The molecule has 1 atom stereocenters. The fourth-order valence-corrected chi connectivity index (χ4v) is 3.59. The van der Waals surface area contributed by atoms with Crippen molar-refractivity contribution >= 4 is 11.9 Å². The van der Waals surface area contributed by atoms with Gasteiger partial charge in [0.1, 0.15) is 18.4 Å². The Morgan fingerprint density at radius 3 is 1.79 bits per heavy atom.